The van der Waals surface area contributed by atoms with Crippen LogP contribution >= 0.6 is 0 Å². The summed E-state index contributed by atoms with van der Waals surface area (Å²) >= 11 is 0. The molecule has 3 nitrogen and oxygen atoms in total. The van der Waals surface area contributed by atoms with Gasteiger partial charge in [0, 0.05) is 12.5 Å². The monoisotopic (exact) mass is 417 g/mol. The van der Waals surface area contributed by atoms with E-state index in [1.165, 1.54) is 102 Å². The molecule has 0 rings (SSSR count). The molecule has 0 bridgehead atoms. The summed E-state index contributed by atoms with van der Waals surface area (Å²) < 4.78 is 5.13. The summed E-state index contributed by atoms with van der Waals surface area (Å²) in [6.45, 7) is 4.31. The smallest absolute Gasteiger partial charge is 0.306 e. The fourth-order valence-corrected chi connectivity index (χ4v) is 3.47. The molecule has 0 spiro atoms. The number of carbonyl (C=O) groups excluding carboxylic acids is 1. The lowest BCUT2D eigenvalue weighted by atomic mass is 10.1. The Morgan fingerprint density at radius 3 is 1.73 bits per heavy atom. The lowest BCUT2D eigenvalue weighted by Gasteiger charge is -2.05. The zero-order valence-corrected chi connectivity index (χ0v) is 19.9. The highest BCUT2D eigenvalue weighted by Crippen LogP contribution is 2.12. The van der Waals surface area contributed by atoms with Crippen LogP contribution in [0.1, 0.15) is 129 Å². The second-order valence-electron chi connectivity index (χ2n) is 8.53. The molecule has 0 atom stereocenters. The molecule has 3 heteroatoms. The summed E-state index contributed by atoms with van der Waals surface area (Å²) in [5.41, 5.74) is 0.787. The van der Waals surface area contributed by atoms with E-state index in [0.29, 0.717) is 6.42 Å². The SMILES string of the molecule is CCCCCCCC/C=C\CCCCCCCCCCCC(=O)OC/C(C)=C/C#N. The fourth-order valence-electron chi connectivity index (χ4n) is 3.47. The maximum absolute atomic E-state index is 11.6. The van der Waals surface area contributed by atoms with Crippen LogP contribution in [0.15, 0.2) is 23.8 Å². The molecule has 0 saturated heterocycles. The highest BCUT2D eigenvalue weighted by Gasteiger charge is 2.03. The van der Waals surface area contributed by atoms with Crippen LogP contribution in [0.4, 0.5) is 0 Å². The van der Waals surface area contributed by atoms with E-state index >= 15 is 0 Å². The van der Waals surface area contributed by atoms with E-state index < -0.39 is 0 Å². The fraction of sp³-hybridized carbons (Fsp3) is 0.778. The molecule has 172 valence electrons. The van der Waals surface area contributed by atoms with Gasteiger partial charge in [0.05, 0.1) is 6.07 Å². The molecule has 0 aromatic carbocycles. The van der Waals surface area contributed by atoms with Crippen LogP contribution in [0.3, 0.4) is 0 Å². The van der Waals surface area contributed by atoms with Crippen molar-refractivity contribution in [3.05, 3.63) is 23.8 Å². The standard InChI is InChI=1S/C27H47NO2/c1-3-4-5-6-7-8-9-10-11-12-13-14-15-16-17-18-19-20-21-22-27(29)30-25-26(2)23-24-28/h10-11,23H,3-9,12-22,25H2,1-2H3/b11-10-,26-23+. The van der Waals surface area contributed by atoms with Crippen LogP contribution in [0, 0.1) is 11.3 Å². The third-order valence-corrected chi connectivity index (χ3v) is 5.41. The average Bonchev–Trinajstić information content (AvgIpc) is 2.74. The Morgan fingerprint density at radius 1 is 0.767 bits per heavy atom. The van der Waals surface area contributed by atoms with Gasteiger partial charge in [0.15, 0.2) is 0 Å². The average molecular weight is 418 g/mol. The summed E-state index contributed by atoms with van der Waals surface area (Å²) in [5, 5.41) is 8.51. The van der Waals surface area contributed by atoms with Crippen molar-refractivity contribution < 1.29 is 9.53 Å². The molecule has 0 saturated carbocycles. The molecule has 0 aliphatic rings. The number of rotatable bonds is 21. The van der Waals surface area contributed by atoms with Crippen molar-refractivity contribution in [2.75, 3.05) is 6.61 Å². The Balaban J connectivity index is 3.24. The van der Waals surface area contributed by atoms with Crippen LogP contribution < -0.4 is 0 Å². The Labute approximate surface area is 187 Å². The van der Waals surface area contributed by atoms with Crippen LogP contribution in [0.2, 0.25) is 0 Å². The number of carbonyl (C=O) groups is 1. The maximum Gasteiger partial charge on any atom is 0.306 e. The lowest BCUT2D eigenvalue weighted by molar-refractivity contribution is -0.142. The van der Waals surface area contributed by atoms with Gasteiger partial charge in [-0.25, -0.2) is 0 Å². The van der Waals surface area contributed by atoms with Gasteiger partial charge in [-0.05, 0) is 44.6 Å². The molecule has 30 heavy (non-hydrogen) atoms. The zero-order chi connectivity index (χ0) is 22.1. The van der Waals surface area contributed by atoms with E-state index in [1.807, 2.05) is 6.07 Å². The van der Waals surface area contributed by atoms with E-state index in [1.54, 1.807) is 6.92 Å². The number of hydrogen-bond donors (Lipinski definition) is 0. The van der Waals surface area contributed by atoms with Gasteiger partial charge in [-0.3, -0.25) is 4.79 Å². The van der Waals surface area contributed by atoms with Gasteiger partial charge in [-0.2, -0.15) is 5.26 Å². The molecule has 0 heterocycles. The number of esters is 1. The van der Waals surface area contributed by atoms with E-state index in [0.717, 1.165) is 18.4 Å². The minimum atomic E-state index is -0.151. The first-order valence-electron chi connectivity index (χ1n) is 12.6. The van der Waals surface area contributed by atoms with Crippen molar-refractivity contribution in [1.82, 2.24) is 0 Å². The van der Waals surface area contributed by atoms with E-state index in [9.17, 15) is 4.79 Å². The normalized spacial score (nSPS) is 11.7. The molecule has 0 unspecified atom stereocenters. The van der Waals surface area contributed by atoms with Crippen molar-refractivity contribution in [3.8, 4) is 6.07 Å². The summed E-state index contributed by atoms with van der Waals surface area (Å²) in [6.07, 6.45) is 28.7. The second kappa shape index (κ2) is 23.7. The Kier molecular flexibility index (Phi) is 22.5. The minimum Gasteiger partial charge on any atom is -0.461 e. The molecule has 0 amide bonds. The zero-order valence-electron chi connectivity index (χ0n) is 19.9. The quantitative estimate of drug-likeness (QED) is 0.0812. The first-order chi connectivity index (χ1) is 14.7. The predicted octanol–water partition coefficient (Wildman–Crippen LogP) is 8.60. The summed E-state index contributed by atoms with van der Waals surface area (Å²) in [7, 11) is 0. The summed E-state index contributed by atoms with van der Waals surface area (Å²) in [5.74, 6) is -0.151. The van der Waals surface area contributed by atoms with E-state index in [-0.39, 0.29) is 12.6 Å². The number of hydrogen-bond acceptors (Lipinski definition) is 3. The van der Waals surface area contributed by atoms with Gasteiger partial charge < -0.3 is 4.74 Å². The third kappa shape index (κ3) is 22.7. The maximum atomic E-state index is 11.6. The van der Waals surface area contributed by atoms with Gasteiger partial charge in [0.25, 0.3) is 0 Å². The van der Waals surface area contributed by atoms with Gasteiger partial charge in [0.1, 0.15) is 6.61 Å². The molecular weight excluding hydrogens is 370 g/mol. The highest BCUT2D eigenvalue weighted by atomic mass is 16.5. The molecule has 0 fully saturated rings. The van der Waals surface area contributed by atoms with Crippen LogP contribution in [0.5, 0.6) is 0 Å². The predicted molar refractivity (Wildman–Crippen MR) is 128 cm³/mol. The van der Waals surface area contributed by atoms with Crippen molar-refractivity contribution in [2.24, 2.45) is 0 Å². The van der Waals surface area contributed by atoms with E-state index in [2.05, 4.69) is 19.1 Å². The number of nitrogens with zero attached hydrogens (tertiary/aromatic N) is 1. The molecular formula is C27H47NO2. The third-order valence-electron chi connectivity index (χ3n) is 5.41. The number of ether oxygens (including phenoxy) is 1. The van der Waals surface area contributed by atoms with Crippen molar-refractivity contribution in [3.63, 3.8) is 0 Å². The van der Waals surface area contributed by atoms with Crippen molar-refractivity contribution >= 4 is 5.97 Å². The number of unbranched alkanes of at least 4 members (excludes halogenated alkanes) is 15. The highest BCUT2D eigenvalue weighted by molar-refractivity contribution is 5.69. The Bertz CT molecular complexity index is 488. The first-order valence-corrected chi connectivity index (χ1v) is 12.6. The lowest BCUT2D eigenvalue weighted by Crippen LogP contribution is -2.06. The largest absolute Gasteiger partial charge is 0.461 e. The molecule has 0 aromatic heterocycles. The van der Waals surface area contributed by atoms with Gasteiger partial charge in [-0.15, -0.1) is 0 Å². The van der Waals surface area contributed by atoms with Gasteiger partial charge in [-0.1, -0.05) is 96.1 Å². The van der Waals surface area contributed by atoms with Gasteiger partial charge in [0.2, 0.25) is 0 Å². The topological polar surface area (TPSA) is 50.1 Å². The minimum absolute atomic E-state index is 0.151. The molecule has 0 aliphatic carbocycles. The van der Waals surface area contributed by atoms with Crippen molar-refractivity contribution in [1.29, 1.82) is 5.26 Å². The molecule has 0 aromatic rings. The Morgan fingerprint density at radius 2 is 1.23 bits per heavy atom. The Hall–Kier alpha value is -1.56. The van der Waals surface area contributed by atoms with Crippen LogP contribution in [-0.4, -0.2) is 12.6 Å². The number of nitriles is 1. The van der Waals surface area contributed by atoms with Crippen LogP contribution in [0.25, 0.3) is 0 Å². The molecule has 0 radical (unpaired) electrons. The summed E-state index contributed by atoms with van der Waals surface area (Å²) in [6, 6.07) is 1.94. The van der Waals surface area contributed by atoms with Gasteiger partial charge >= 0.3 is 5.97 Å². The van der Waals surface area contributed by atoms with Crippen molar-refractivity contribution in [2.45, 2.75) is 129 Å². The number of allylic oxidation sites excluding steroid dienone is 3. The molecule has 0 aliphatic heterocycles. The second-order valence-corrected chi connectivity index (χ2v) is 8.53. The van der Waals surface area contributed by atoms with Crippen LogP contribution in [-0.2, 0) is 9.53 Å². The first kappa shape index (κ1) is 28.4. The summed E-state index contributed by atoms with van der Waals surface area (Å²) in [4.78, 5) is 11.6. The molecule has 0 N–H and O–H groups in total. The van der Waals surface area contributed by atoms with E-state index in [4.69, 9.17) is 10.00 Å².